The number of hydrogen-bond acceptors (Lipinski definition) is 7. The number of ether oxygens (including phenoxy) is 4. The summed E-state index contributed by atoms with van der Waals surface area (Å²) in [5.74, 6) is -0.834. The average molecular weight is 481 g/mol. The lowest BCUT2D eigenvalue weighted by Gasteiger charge is -2.44. The summed E-state index contributed by atoms with van der Waals surface area (Å²) >= 11 is 0. The summed E-state index contributed by atoms with van der Waals surface area (Å²) < 4.78 is 24.0. The van der Waals surface area contributed by atoms with Crippen molar-refractivity contribution in [2.75, 3.05) is 33.4 Å². The van der Waals surface area contributed by atoms with Crippen LogP contribution in [0.25, 0.3) is 0 Å². The van der Waals surface area contributed by atoms with Crippen LogP contribution in [0.3, 0.4) is 0 Å². The van der Waals surface area contributed by atoms with Crippen LogP contribution in [-0.4, -0.2) is 91.0 Å². The molecule has 9 heteroatoms. The number of aliphatic carboxylic acids is 1. The van der Waals surface area contributed by atoms with Gasteiger partial charge in [0.2, 0.25) is 0 Å². The van der Waals surface area contributed by atoms with Gasteiger partial charge in [0.25, 0.3) is 0 Å². The first-order valence-electron chi connectivity index (χ1n) is 12.3. The lowest BCUT2D eigenvalue weighted by molar-refractivity contribution is -0.148. The summed E-state index contributed by atoms with van der Waals surface area (Å²) in [6, 6.07) is -0.0479. The number of methoxy groups -OCH3 is 1. The SMILES string of the molecule is CO[C@@H]1[C@H](OC(=O)NC2CN(CC(C)(C)C(=O)O)C2)CC[C@]2(CO2)[C@H]1[C@@]1(C)OC1CC=C(C)C. The smallest absolute Gasteiger partial charge is 0.407 e. The molecule has 0 radical (unpaired) electrons. The Bertz CT molecular complexity index is 829. The summed E-state index contributed by atoms with van der Waals surface area (Å²) in [5.41, 5.74) is -0.176. The molecule has 192 valence electrons. The standard InChI is InChI=1S/C25H40N2O7/c1-15(2)7-8-18-24(5,34-18)20-19(31-6)17(9-10-25(20)14-32-25)33-22(30)26-16-11-27(12-16)13-23(3,4)21(28)29/h7,16-20H,8-14H2,1-6H3,(H,26,30)(H,28,29)/t17-,18?,19-,20-,24+,25+/m1/s1. The van der Waals surface area contributed by atoms with Crippen molar-refractivity contribution in [1.29, 1.82) is 0 Å². The second-order valence-electron chi connectivity index (χ2n) is 11.5. The maximum absolute atomic E-state index is 12.7. The molecular weight excluding hydrogens is 440 g/mol. The molecule has 3 aliphatic heterocycles. The van der Waals surface area contributed by atoms with E-state index in [-0.39, 0.29) is 41.5 Å². The number of rotatable bonds is 9. The molecule has 0 bridgehead atoms. The Morgan fingerprint density at radius 3 is 2.53 bits per heavy atom. The van der Waals surface area contributed by atoms with Crippen LogP contribution in [0.4, 0.5) is 4.79 Å². The van der Waals surface area contributed by atoms with Crippen LogP contribution in [-0.2, 0) is 23.7 Å². The molecular formula is C25H40N2O7. The maximum atomic E-state index is 12.7. The highest BCUT2D eigenvalue weighted by atomic mass is 16.6. The van der Waals surface area contributed by atoms with Crippen molar-refractivity contribution in [3.8, 4) is 0 Å². The van der Waals surface area contributed by atoms with E-state index in [0.717, 1.165) is 12.8 Å². The van der Waals surface area contributed by atoms with Crippen LogP contribution in [0.15, 0.2) is 11.6 Å². The molecule has 4 fully saturated rings. The summed E-state index contributed by atoms with van der Waals surface area (Å²) in [6.45, 7) is 12.1. The quantitative estimate of drug-likeness (QED) is 0.382. The lowest BCUT2D eigenvalue weighted by atomic mass is 9.68. The number of carbonyl (C=O) groups is 2. The van der Waals surface area contributed by atoms with Crippen LogP contribution in [0.1, 0.15) is 53.9 Å². The predicted octanol–water partition coefficient (Wildman–Crippen LogP) is 2.58. The van der Waals surface area contributed by atoms with Crippen molar-refractivity contribution in [2.45, 2.75) is 89.4 Å². The summed E-state index contributed by atoms with van der Waals surface area (Å²) in [7, 11) is 1.66. The van der Waals surface area contributed by atoms with Crippen molar-refractivity contribution in [1.82, 2.24) is 10.2 Å². The molecule has 2 N–H and O–H groups in total. The van der Waals surface area contributed by atoms with E-state index < -0.39 is 17.5 Å². The van der Waals surface area contributed by atoms with Gasteiger partial charge in [-0.2, -0.15) is 0 Å². The minimum atomic E-state index is -0.824. The molecule has 1 saturated carbocycles. The molecule has 0 aromatic rings. The average Bonchev–Trinajstić information content (AvgIpc) is 3.63. The Balaban J connectivity index is 1.32. The first-order chi connectivity index (χ1) is 15.9. The van der Waals surface area contributed by atoms with Crippen molar-refractivity contribution >= 4 is 12.1 Å². The van der Waals surface area contributed by atoms with E-state index in [0.29, 0.717) is 32.7 Å². The van der Waals surface area contributed by atoms with Gasteiger partial charge in [0.15, 0.2) is 0 Å². The number of carbonyl (C=O) groups excluding carboxylic acids is 1. The predicted molar refractivity (Wildman–Crippen MR) is 125 cm³/mol. The number of nitrogens with one attached hydrogen (secondary N) is 1. The van der Waals surface area contributed by atoms with Gasteiger partial charge in [-0.25, -0.2) is 4.79 Å². The molecule has 3 saturated heterocycles. The minimum absolute atomic E-state index is 0.00967. The molecule has 1 unspecified atom stereocenters. The highest BCUT2D eigenvalue weighted by molar-refractivity contribution is 5.74. The zero-order chi connectivity index (χ0) is 24.9. The van der Waals surface area contributed by atoms with Crippen LogP contribution in [0.2, 0.25) is 0 Å². The number of carboxylic acids is 1. The molecule has 6 atom stereocenters. The third-order valence-corrected chi connectivity index (χ3v) is 7.97. The van der Waals surface area contributed by atoms with Crippen molar-refractivity contribution < 1.29 is 33.6 Å². The van der Waals surface area contributed by atoms with Crippen LogP contribution < -0.4 is 5.32 Å². The normalized spacial score (nSPS) is 37.6. The molecule has 4 aliphatic rings. The van der Waals surface area contributed by atoms with E-state index in [1.165, 1.54) is 5.57 Å². The molecule has 1 aliphatic carbocycles. The Morgan fingerprint density at radius 1 is 1.29 bits per heavy atom. The van der Waals surface area contributed by atoms with Crippen molar-refractivity contribution in [3.05, 3.63) is 11.6 Å². The summed E-state index contributed by atoms with van der Waals surface area (Å²) in [5, 5.41) is 12.2. The van der Waals surface area contributed by atoms with Crippen LogP contribution in [0, 0.1) is 11.3 Å². The highest BCUT2D eigenvalue weighted by Crippen LogP contribution is 2.59. The Hall–Kier alpha value is -1.68. The maximum Gasteiger partial charge on any atom is 0.407 e. The fourth-order valence-electron chi connectivity index (χ4n) is 5.83. The van der Waals surface area contributed by atoms with Gasteiger partial charge in [-0.15, -0.1) is 0 Å². The number of alkyl carbamates (subject to hydrolysis) is 1. The number of hydrogen-bond donors (Lipinski definition) is 2. The van der Waals surface area contributed by atoms with E-state index >= 15 is 0 Å². The molecule has 0 aromatic heterocycles. The Labute approximate surface area is 202 Å². The summed E-state index contributed by atoms with van der Waals surface area (Å²) in [6.07, 6.45) is 3.51. The third kappa shape index (κ3) is 4.98. The lowest BCUT2D eigenvalue weighted by Crippen LogP contribution is -2.62. The molecule has 0 aromatic carbocycles. The van der Waals surface area contributed by atoms with E-state index in [1.807, 2.05) is 4.90 Å². The monoisotopic (exact) mass is 480 g/mol. The Morgan fingerprint density at radius 2 is 1.97 bits per heavy atom. The Kier molecular flexibility index (Phi) is 6.78. The molecule has 3 heterocycles. The fourth-order valence-corrected chi connectivity index (χ4v) is 5.83. The van der Waals surface area contributed by atoms with E-state index in [1.54, 1.807) is 21.0 Å². The van der Waals surface area contributed by atoms with Crippen molar-refractivity contribution in [3.63, 3.8) is 0 Å². The fraction of sp³-hybridized carbons (Fsp3) is 0.840. The second kappa shape index (κ2) is 9.08. The van der Waals surface area contributed by atoms with Gasteiger partial charge in [-0.3, -0.25) is 9.69 Å². The highest BCUT2D eigenvalue weighted by Gasteiger charge is 2.72. The van der Waals surface area contributed by atoms with Gasteiger partial charge >= 0.3 is 12.1 Å². The van der Waals surface area contributed by atoms with Crippen LogP contribution in [0.5, 0.6) is 0 Å². The van der Waals surface area contributed by atoms with Crippen LogP contribution >= 0.6 is 0 Å². The van der Waals surface area contributed by atoms with Gasteiger partial charge in [0.05, 0.1) is 30.1 Å². The first-order valence-corrected chi connectivity index (χ1v) is 12.3. The van der Waals surface area contributed by atoms with E-state index in [4.69, 9.17) is 18.9 Å². The largest absolute Gasteiger partial charge is 0.481 e. The number of nitrogens with zero attached hydrogens (tertiary/aromatic N) is 1. The van der Waals surface area contributed by atoms with Crippen molar-refractivity contribution in [2.24, 2.45) is 11.3 Å². The third-order valence-electron chi connectivity index (χ3n) is 7.97. The molecule has 1 spiro atoms. The number of allylic oxidation sites excluding steroid dienone is 1. The number of amides is 1. The van der Waals surface area contributed by atoms with Gasteiger partial charge < -0.3 is 29.4 Å². The zero-order valence-electron chi connectivity index (χ0n) is 21.3. The number of epoxide rings is 2. The topological polar surface area (TPSA) is 113 Å². The zero-order valence-corrected chi connectivity index (χ0v) is 21.3. The molecule has 9 nitrogen and oxygen atoms in total. The van der Waals surface area contributed by atoms with Gasteiger partial charge in [0.1, 0.15) is 23.4 Å². The molecule has 1 amide bonds. The van der Waals surface area contributed by atoms with Gasteiger partial charge in [-0.1, -0.05) is 11.6 Å². The minimum Gasteiger partial charge on any atom is -0.481 e. The van der Waals surface area contributed by atoms with Gasteiger partial charge in [-0.05, 0) is 53.9 Å². The number of likely N-dealkylation sites (tertiary alicyclic amines) is 1. The van der Waals surface area contributed by atoms with E-state index in [9.17, 15) is 14.7 Å². The summed E-state index contributed by atoms with van der Waals surface area (Å²) in [4.78, 5) is 26.0. The molecule has 4 rings (SSSR count). The first kappa shape index (κ1) is 25.4. The second-order valence-corrected chi connectivity index (χ2v) is 11.5. The van der Waals surface area contributed by atoms with E-state index in [2.05, 4.69) is 32.2 Å². The molecule has 34 heavy (non-hydrogen) atoms. The van der Waals surface area contributed by atoms with Gasteiger partial charge in [0, 0.05) is 26.7 Å². The number of carboxylic acid groups (broad SMARTS) is 1.